The van der Waals surface area contributed by atoms with Gasteiger partial charge in [0, 0.05) is 25.3 Å². The van der Waals surface area contributed by atoms with E-state index in [1.165, 1.54) is 0 Å². The SMILES string of the molecule is CCO[Si](CCCN)(OCC)O[Si](O)(O)CCCN. The van der Waals surface area contributed by atoms with E-state index in [2.05, 4.69) is 0 Å². The zero-order valence-corrected chi connectivity index (χ0v) is 13.9. The van der Waals surface area contributed by atoms with E-state index in [1.54, 1.807) is 0 Å². The lowest BCUT2D eigenvalue weighted by atomic mass is 10.5. The highest BCUT2D eigenvalue weighted by molar-refractivity contribution is 6.73. The molecule has 0 saturated heterocycles. The van der Waals surface area contributed by atoms with Crippen LogP contribution in [-0.2, 0) is 13.0 Å². The smallest absolute Gasteiger partial charge is 0.390 e. The van der Waals surface area contributed by atoms with Gasteiger partial charge in [-0.3, -0.25) is 0 Å². The van der Waals surface area contributed by atoms with E-state index < -0.39 is 17.6 Å². The third-order valence-electron chi connectivity index (χ3n) is 2.44. The van der Waals surface area contributed by atoms with Crippen LogP contribution in [0.4, 0.5) is 0 Å². The quantitative estimate of drug-likeness (QED) is 0.363. The highest BCUT2D eigenvalue weighted by atomic mass is 28.5. The van der Waals surface area contributed by atoms with Gasteiger partial charge < -0.3 is 34.0 Å². The minimum Gasteiger partial charge on any atom is -0.390 e. The van der Waals surface area contributed by atoms with Crippen molar-refractivity contribution in [1.29, 1.82) is 0 Å². The normalized spacial score (nSPS) is 12.9. The second kappa shape index (κ2) is 9.96. The summed E-state index contributed by atoms with van der Waals surface area (Å²) in [4.78, 5) is 20.0. The van der Waals surface area contributed by atoms with E-state index in [0.717, 1.165) is 0 Å². The molecular weight excluding hydrogens is 284 g/mol. The van der Waals surface area contributed by atoms with E-state index in [4.69, 9.17) is 24.4 Å². The minimum atomic E-state index is -3.79. The summed E-state index contributed by atoms with van der Waals surface area (Å²) in [5.41, 5.74) is 10.9. The maximum atomic E-state index is 9.99. The summed E-state index contributed by atoms with van der Waals surface area (Å²) in [6.45, 7) is 5.32. The molecule has 116 valence electrons. The average molecular weight is 313 g/mol. The minimum absolute atomic E-state index is 0.154. The van der Waals surface area contributed by atoms with Crippen molar-refractivity contribution in [2.24, 2.45) is 11.5 Å². The molecule has 0 amide bonds. The van der Waals surface area contributed by atoms with Crippen molar-refractivity contribution in [2.75, 3.05) is 26.3 Å². The Hall–Kier alpha value is 0.154. The zero-order chi connectivity index (χ0) is 14.8. The van der Waals surface area contributed by atoms with Gasteiger partial charge >= 0.3 is 17.6 Å². The second-order valence-corrected chi connectivity index (χ2v) is 9.42. The molecule has 0 fully saturated rings. The van der Waals surface area contributed by atoms with Crippen molar-refractivity contribution in [1.82, 2.24) is 0 Å². The van der Waals surface area contributed by atoms with Gasteiger partial charge in [0.1, 0.15) is 0 Å². The molecule has 19 heavy (non-hydrogen) atoms. The molecule has 0 saturated carbocycles. The highest BCUT2D eigenvalue weighted by Gasteiger charge is 2.49. The van der Waals surface area contributed by atoms with Gasteiger partial charge in [-0.2, -0.15) is 0 Å². The monoisotopic (exact) mass is 312 g/mol. The van der Waals surface area contributed by atoms with Gasteiger partial charge in [0.15, 0.2) is 0 Å². The first-order valence-electron chi connectivity index (χ1n) is 6.78. The summed E-state index contributed by atoms with van der Waals surface area (Å²) in [6, 6.07) is 0.644. The van der Waals surface area contributed by atoms with Crippen LogP contribution < -0.4 is 11.5 Å². The molecule has 0 radical (unpaired) electrons. The zero-order valence-electron chi connectivity index (χ0n) is 11.9. The summed E-state index contributed by atoms with van der Waals surface area (Å²) in [5, 5.41) is 0. The van der Waals surface area contributed by atoms with Gasteiger partial charge in [0.2, 0.25) is 0 Å². The van der Waals surface area contributed by atoms with Crippen LogP contribution in [0.15, 0.2) is 0 Å². The molecule has 0 aromatic rings. The van der Waals surface area contributed by atoms with Gasteiger partial charge in [-0.1, -0.05) is 0 Å². The number of hydrogen-bond donors (Lipinski definition) is 4. The fraction of sp³-hybridized carbons (Fsp3) is 1.00. The Morgan fingerprint density at radius 2 is 1.37 bits per heavy atom. The maximum absolute atomic E-state index is 9.99. The lowest BCUT2D eigenvalue weighted by molar-refractivity contribution is 0.0821. The molecule has 0 atom stereocenters. The summed E-state index contributed by atoms with van der Waals surface area (Å²) < 4.78 is 16.8. The Labute approximate surface area is 117 Å². The Balaban J connectivity index is 4.76. The molecule has 0 spiro atoms. The predicted molar refractivity (Wildman–Crippen MR) is 77.2 cm³/mol. The fourth-order valence-electron chi connectivity index (χ4n) is 1.69. The first-order valence-corrected chi connectivity index (χ1v) is 10.7. The predicted octanol–water partition coefficient (Wildman–Crippen LogP) is -0.364. The molecule has 0 aromatic carbocycles. The van der Waals surface area contributed by atoms with Crippen molar-refractivity contribution >= 4 is 17.6 Å². The topological polar surface area (TPSA) is 120 Å². The van der Waals surface area contributed by atoms with E-state index in [1.807, 2.05) is 13.8 Å². The molecule has 9 heteroatoms. The average Bonchev–Trinajstić information content (AvgIpc) is 2.34. The van der Waals surface area contributed by atoms with Crippen LogP contribution in [0.5, 0.6) is 0 Å². The Morgan fingerprint density at radius 3 is 1.79 bits per heavy atom. The van der Waals surface area contributed by atoms with Gasteiger partial charge in [-0.25, -0.2) is 0 Å². The van der Waals surface area contributed by atoms with Gasteiger partial charge in [0.25, 0.3) is 0 Å². The lowest BCUT2D eigenvalue weighted by Crippen LogP contribution is -2.56. The van der Waals surface area contributed by atoms with Crippen LogP contribution in [0.25, 0.3) is 0 Å². The van der Waals surface area contributed by atoms with E-state index in [0.29, 0.717) is 45.2 Å². The van der Waals surface area contributed by atoms with Crippen molar-refractivity contribution in [2.45, 2.75) is 38.8 Å². The molecule has 0 heterocycles. The van der Waals surface area contributed by atoms with E-state index >= 15 is 0 Å². The largest absolute Gasteiger partial charge is 0.493 e. The standard InChI is InChI=1S/C10H28N2O5Si2/c1-3-15-19(16-4-2,10-6-8-12)17-18(13,14)9-5-7-11/h13-14H,3-12H2,1-2H3. The van der Waals surface area contributed by atoms with Crippen LogP contribution in [-0.4, -0.2) is 53.5 Å². The van der Waals surface area contributed by atoms with Crippen molar-refractivity contribution < 1.29 is 22.6 Å². The Kier molecular flexibility index (Phi) is 10.0. The van der Waals surface area contributed by atoms with Crippen LogP contribution in [0.2, 0.25) is 12.1 Å². The number of rotatable bonds is 12. The molecule has 0 aliphatic heterocycles. The van der Waals surface area contributed by atoms with Gasteiger partial charge in [-0.05, 0) is 39.8 Å². The summed E-state index contributed by atoms with van der Waals surface area (Å²) in [5.74, 6) is 0. The number of hydrogen-bond acceptors (Lipinski definition) is 7. The molecule has 0 aromatic heterocycles. The molecule has 0 unspecified atom stereocenters. The molecule has 0 rings (SSSR count). The highest BCUT2D eigenvalue weighted by Crippen LogP contribution is 2.23. The first-order chi connectivity index (χ1) is 8.95. The molecular formula is C10H28N2O5Si2. The van der Waals surface area contributed by atoms with Crippen LogP contribution in [0.1, 0.15) is 26.7 Å². The summed E-state index contributed by atoms with van der Waals surface area (Å²) in [6.07, 6.45) is 1.16. The van der Waals surface area contributed by atoms with Crippen LogP contribution in [0, 0.1) is 0 Å². The van der Waals surface area contributed by atoms with E-state index in [-0.39, 0.29) is 6.04 Å². The van der Waals surface area contributed by atoms with Crippen LogP contribution in [0.3, 0.4) is 0 Å². The van der Waals surface area contributed by atoms with Crippen LogP contribution >= 0.6 is 0 Å². The summed E-state index contributed by atoms with van der Waals surface area (Å²) in [7, 11) is -6.85. The first kappa shape index (κ1) is 19.2. The van der Waals surface area contributed by atoms with Crippen molar-refractivity contribution in [3.63, 3.8) is 0 Å². The Morgan fingerprint density at radius 1 is 0.895 bits per heavy atom. The third kappa shape index (κ3) is 8.12. The second-order valence-electron chi connectivity index (χ2n) is 4.18. The van der Waals surface area contributed by atoms with Crippen molar-refractivity contribution in [3.8, 4) is 0 Å². The number of nitrogens with two attached hydrogens (primary N) is 2. The lowest BCUT2D eigenvalue weighted by Gasteiger charge is -2.33. The molecule has 6 N–H and O–H groups in total. The van der Waals surface area contributed by atoms with Gasteiger partial charge in [0.05, 0.1) is 0 Å². The Bertz CT molecular complexity index is 228. The third-order valence-corrected chi connectivity index (χ3v) is 8.42. The molecule has 0 aliphatic rings. The fourth-order valence-corrected chi connectivity index (χ4v) is 7.52. The van der Waals surface area contributed by atoms with E-state index in [9.17, 15) is 9.59 Å². The molecule has 0 aliphatic carbocycles. The molecule has 7 nitrogen and oxygen atoms in total. The summed E-state index contributed by atoms with van der Waals surface area (Å²) >= 11 is 0. The maximum Gasteiger partial charge on any atom is 0.493 e. The molecule has 0 bridgehead atoms. The van der Waals surface area contributed by atoms with Gasteiger partial charge in [-0.15, -0.1) is 0 Å². The van der Waals surface area contributed by atoms with Crippen molar-refractivity contribution in [3.05, 3.63) is 0 Å².